The van der Waals surface area contributed by atoms with Crippen LogP contribution in [-0.4, -0.2) is 60.1 Å². The number of benzene rings is 2. The van der Waals surface area contributed by atoms with Crippen molar-refractivity contribution in [3.8, 4) is 22.5 Å². The summed E-state index contributed by atoms with van der Waals surface area (Å²) in [4.78, 5) is 18.7. The molecule has 224 valence electrons. The molecule has 8 nitrogen and oxygen atoms in total. The molecule has 2 fully saturated rings. The molecule has 0 amide bonds. The molecular formula is C34H44N4O4. The Hall–Kier alpha value is -3.49. The van der Waals surface area contributed by atoms with E-state index < -0.39 is 5.97 Å². The van der Waals surface area contributed by atoms with Crippen LogP contribution in [0.25, 0.3) is 28.1 Å². The molecule has 2 N–H and O–H groups in total. The van der Waals surface area contributed by atoms with Crippen molar-refractivity contribution in [3.63, 3.8) is 0 Å². The number of carboxylic acid groups (broad SMARTS) is 1. The molecule has 3 heterocycles. The summed E-state index contributed by atoms with van der Waals surface area (Å²) >= 11 is 0. The van der Waals surface area contributed by atoms with Gasteiger partial charge in [-0.2, -0.15) is 4.98 Å². The van der Waals surface area contributed by atoms with Crippen LogP contribution in [0, 0.1) is 5.92 Å². The number of anilines is 1. The Balaban J connectivity index is 0.00000173. The highest BCUT2D eigenvalue weighted by molar-refractivity contribution is 5.95. The number of carbonyl (C=O) groups is 1. The number of piperidine rings is 1. The van der Waals surface area contributed by atoms with E-state index in [1.165, 1.54) is 32.1 Å². The Kier molecular flexibility index (Phi) is 10.4. The van der Waals surface area contributed by atoms with Crippen molar-refractivity contribution < 1.29 is 19.2 Å². The van der Waals surface area contributed by atoms with Gasteiger partial charge in [0.2, 0.25) is 5.82 Å². The first-order chi connectivity index (χ1) is 20.6. The number of aromatic carboxylic acids is 1. The topological polar surface area (TPSA) is 101 Å². The average molecular weight is 573 g/mol. The van der Waals surface area contributed by atoms with Crippen LogP contribution in [0.2, 0.25) is 0 Å². The minimum Gasteiger partial charge on any atom is -0.478 e. The zero-order valence-electron chi connectivity index (χ0n) is 25.0. The van der Waals surface area contributed by atoms with E-state index in [4.69, 9.17) is 9.26 Å². The first kappa shape index (κ1) is 30.0. The monoisotopic (exact) mass is 572 g/mol. The van der Waals surface area contributed by atoms with Crippen LogP contribution in [0.1, 0.15) is 81.1 Å². The molecule has 0 bridgehead atoms. The highest BCUT2D eigenvalue weighted by atomic mass is 16.5. The standard InChI is InChI=1S/C32H38N4O4.C2H6/c37-31(38)28-11-10-26(20-29(28)24-12-16-33-17-13-24)23-6-8-25(9-7-23)30-34-32(40-35-30)36-18-14-27(15-19-36)39-21-22-4-2-1-3-5-22;1-2/h6-12,20,22,27,33H,1-5,13-19,21H2,(H,37,38);1-2H3. The zero-order valence-corrected chi connectivity index (χ0v) is 25.0. The zero-order chi connectivity index (χ0) is 29.3. The summed E-state index contributed by atoms with van der Waals surface area (Å²) in [6, 6.07) is 14.2. The molecule has 2 aliphatic heterocycles. The van der Waals surface area contributed by atoms with E-state index in [1.807, 2.05) is 50.2 Å². The molecule has 2 aromatic carbocycles. The van der Waals surface area contributed by atoms with Crippen LogP contribution < -0.4 is 10.2 Å². The number of carboxylic acids is 1. The van der Waals surface area contributed by atoms with E-state index >= 15 is 0 Å². The lowest BCUT2D eigenvalue weighted by molar-refractivity contribution is 0.00761. The second-order valence-electron chi connectivity index (χ2n) is 11.3. The van der Waals surface area contributed by atoms with Gasteiger partial charge in [-0.1, -0.05) is 74.7 Å². The van der Waals surface area contributed by atoms with E-state index in [-0.39, 0.29) is 0 Å². The fourth-order valence-corrected chi connectivity index (χ4v) is 6.16. The minimum absolute atomic E-state index is 0.323. The van der Waals surface area contributed by atoms with Crippen molar-refractivity contribution in [2.24, 2.45) is 5.92 Å². The number of rotatable bonds is 8. The molecule has 6 rings (SSSR count). The van der Waals surface area contributed by atoms with Gasteiger partial charge in [0.1, 0.15) is 0 Å². The largest absolute Gasteiger partial charge is 0.478 e. The third-order valence-electron chi connectivity index (χ3n) is 8.56. The lowest BCUT2D eigenvalue weighted by atomic mass is 9.90. The predicted molar refractivity (Wildman–Crippen MR) is 167 cm³/mol. The molecule has 8 heteroatoms. The average Bonchev–Trinajstić information content (AvgIpc) is 3.56. The molecule has 0 spiro atoms. The lowest BCUT2D eigenvalue weighted by Crippen LogP contribution is -2.37. The van der Waals surface area contributed by atoms with E-state index in [2.05, 4.69) is 26.4 Å². The first-order valence-electron chi connectivity index (χ1n) is 15.7. The van der Waals surface area contributed by atoms with E-state index in [0.717, 1.165) is 85.8 Å². The van der Waals surface area contributed by atoms with Crippen molar-refractivity contribution in [2.75, 3.05) is 37.7 Å². The molecule has 3 aromatic rings. The second-order valence-corrected chi connectivity index (χ2v) is 11.3. The van der Waals surface area contributed by atoms with Gasteiger partial charge in [0.15, 0.2) is 0 Å². The lowest BCUT2D eigenvalue weighted by Gasteiger charge is -2.32. The number of nitrogens with one attached hydrogen (secondary N) is 1. The Morgan fingerprint density at radius 3 is 2.40 bits per heavy atom. The van der Waals surface area contributed by atoms with Crippen molar-refractivity contribution in [1.29, 1.82) is 0 Å². The summed E-state index contributed by atoms with van der Waals surface area (Å²) in [6.45, 7) is 8.23. The van der Waals surface area contributed by atoms with E-state index in [1.54, 1.807) is 6.07 Å². The molecular weight excluding hydrogens is 528 g/mol. The van der Waals surface area contributed by atoms with Gasteiger partial charge in [-0.05, 0) is 79.0 Å². The van der Waals surface area contributed by atoms with Crippen LogP contribution in [0.4, 0.5) is 6.01 Å². The van der Waals surface area contributed by atoms with Crippen LogP contribution >= 0.6 is 0 Å². The number of hydrogen-bond donors (Lipinski definition) is 2. The summed E-state index contributed by atoms with van der Waals surface area (Å²) < 4.78 is 11.9. The van der Waals surface area contributed by atoms with Crippen molar-refractivity contribution in [3.05, 3.63) is 59.7 Å². The summed E-state index contributed by atoms with van der Waals surface area (Å²) in [6.07, 6.45) is 11.9. The van der Waals surface area contributed by atoms with Gasteiger partial charge in [0.05, 0.1) is 11.7 Å². The van der Waals surface area contributed by atoms with Crippen LogP contribution in [0.3, 0.4) is 0 Å². The van der Waals surface area contributed by atoms with Gasteiger partial charge in [-0.3, -0.25) is 0 Å². The van der Waals surface area contributed by atoms with Crippen LogP contribution in [0.5, 0.6) is 0 Å². The predicted octanol–water partition coefficient (Wildman–Crippen LogP) is 7.07. The van der Waals surface area contributed by atoms with E-state index in [9.17, 15) is 9.90 Å². The second kappa shape index (κ2) is 14.6. The molecule has 0 radical (unpaired) electrons. The van der Waals surface area contributed by atoms with Gasteiger partial charge in [0.25, 0.3) is 0 Å². The van der Waals surface area contributed by atoms with E-state index in [0.29, 0.717) is 23.5 Å². The number of aromatic nitrogens is 2. The highest BCUT2D eigenvalue weighted by Gasteiger charge is 2.25. The van der Waals surface area contributed by atoms with Gasteiger partial charge in [0, 0.05) is 31.8 Å². The third kappa shape index (κ3) is 7.28. The molecule has 1 saturated heterocycles. The van der Waals surface area contributed by atoms with Crippen LogP contribution in [-0.2, 0) is 4.74 Å². The fourth-order valence-electron chi connectivity index (χ4n) is 6.16. The normalized spacial score (nSPS) is 18.2. The fraction of sp³-hybridized carbons (Fsp3) is 0.500. The summed E-state index contributed by atoms with van der Waals surface area (Å²) in [5, 5.41) is 17.3. The smallest absolute Gasteiger partial charge is 0.336 e. The van der Waals surface area contributed by atoms with Gasteiger partial charge in [-0.25, -0.2) is 4.79 Å². The Labute approximate surface area is 249 Å². The molecule has 1 saturated carbocycles. The number of nitrogens with zero attached hydrogens (tertiary/aromatic N) is 3. The van der Waals surface area contributed by atoms with Crippen LogP contribution in [0.15, 0.2) is 53.1 Å². The summed E-state index contributed by atoms with van der Waals surface area (Å²) in [5.74, 6) is 0.411. The minimum atomic E-state index is -0.902. The molecule has 3 aliphatic rings. The maximum absolute atomic E-state index is 11.9. The van der Waals surface area contributed by atoms with Crippen molar-refractivity contribution >= 4 is 17.6 Å². The summed E-state index contributed by atoms with van der Waals surface area (Å²) in [7, 11) is 0. The Bertz CT molecular complexity index is 1340. The maximum Gasteiger partial charge on any atom is 0.336 e. The number of hydrogen-bond acceptors (Lipinski definition) is 7. The maximum atomic E-state index is 11.9. The SMILES string of the molecule is CC.O=C(O)c1ccc(-c2ccc(-c3noc(N4CCC(OCC5CCCCC5)CC4)n3)cc2)cc1C1=CCNCC1. The van der Waals surface area contributed by atoms with Gasteiger partial charge >= 0.3 is 12.0 Å². The van der Waals surface area contributed by atoms with Gasteiger partial charge < -0.3 is 24.6 Å². The van der Waals surface area contributed by atoms with Gasteiger partial charge in [-0.15, -0.1) is 0 Å². The molecule has 0 unspecified atom stereocenters. The number of ether oxygens (including phenoxy) is 1. The molecule has 42 heavy (non-hydrogen) atoms. The Morgan fingerprint density at radius 1 is 1.00 bits per heavy atom. The first-order valence-corrected chi connectivity index (χ1v) is 15.7. The highest BCUT2D eigenvalue weighted by Crippen LogP contribution is 2.31. The third-order valence-corrected chi connectivity index (χ3v) is 8.56. The molecule has 1 aliphatic carbocycles. The Morgan fingerprint density at radius 2 is 1.71 bits per heavy atom. The summed E-state index contributed by atoms with van der Waals surface area (Å²) in [5.41, 5.74) is 5.08. The molecule has 0 atom stereocenters. The quantitative estimate of drug-likeness (QED) is 0.296. The molecule has 1 aromatic heterocycles. The van der Waals surface area contributed by atoms with Crippen molar-refractivity contribution in [1.82, 2.24) is 15.5 Å². The van der Waals surface area contributed by atoms with Crippen molar-refractivity contribution in [2.45, 2.75) is 71.3 Å².